The van der Waals surface area contributed by atoms with E-state index in [-0.39, 0.29) is 4.90 Å². The summed E-state index contributed by atoms with van der Waals surface area (Å²) < 4.78 is 29.4. The molecule has 0 aliphatic rings. The maximum absolute atomic E-state index is 12.1. The lowest BCUT2D eigenvalue weighted by molar-refractivity contribution is 0.413. The van der Waals surface area contributed by atoms with Crippen molar-refractivity contribution >= 4 is 17.9 Å². The molecule has 0 amide bonds. The average Bonchev–Trinajstić information content (AvgIpc) is 2.45. The molecule has 1 aromatic rings. The summed E-state index contributed by atoms with van der Waals surface area (Å²) in [6.07, 6.45) is 1.21. The number of hydrogen-bond donors (Lipinski definition) is 0. The molecule has 0 fully saturated rings. The van der Waals surface area contributed by atoms with E-state index in [2.05, 4.69) is 53.0 Å². The second kappa shape index (κ2) is 7.75. The molecule has 0 bridgehead atoms. The summed E-state index contributed by atoms with van der Waals surface area (Å²) in [6, 6.07) is 5.08. The van der Waals surface area contributed by atoms with Gasteiger partial charge in [-0.2, -0.15) is 0 Å². The predicted molar refractivity (Wildman–Crippen MR) is 104 cm³/mol. The van der Waals surface area contributed by atoms with E-state index in [4.69, 9.17) is 4.74 Å². The normalized spacial score (nSPS) is 12.5. The maximum atomic E-state index is 12.1. The van der Waals surface area contributed by atoms with Crippen molar-refractivity contribution in [3.63, 3.8) is 0 Å². The molecular weight excluding hydrogens is 336 g/mol. The number of sulfone groups is 1. The standard InChI is InChI=1S/C19H30O3SSi/c1-14(2)24(15(3)4,16(5)6)12-11-17-9-10-18(22-7)13-19(17)23(8,20)21/h9-10,13-16H,1-8H3. The van der Waals surface area contributed by atoms with Gasteiger partial charge in [0.15, 0.2) is 9.84 Å². The minimum atomic E-state index is -3.36. The Morgan fingerprint density at radius 3 is 1.88 bits per heavy atom. The quantitative estimate of drug-likeness (QED) is 0.562. The Hall–Kier alpha value is -1.25. The second-order valence-electron chi connectivity index (χ2n) is 7.28. The molecule has 1 aromatic carbocycles. The molecule has 0 aliphatic carbocycles. The molecule has 0 saturated carbocycles. The van der Waals surface area contributed by atoms with Crippen LogP contribution in [0.25, 0.3) is 0 Å². The first-order chi connectivity index (χ1) is 11.0. The van der Waals surface area contributed by atoms with E-state index in [0.717, 1.165) is 0 Å². The first-order valence-corrected chi connectivity index (χ1v) is 12.5. The molecule has 0 radical (unpaired) electrons. The van der Waals surface area contributed by atoms with Crippen molar-refractivity contribution in [1.82, 2.24) is 0 Å². The summed E-state index contributed by atoms with van der Waals surface area (Å²) in [5.41, 5.74) is 5.66. The highest BCUT2D eigenvalue weighted by atomic mass is 32.2. The first kappa shape index (κ1) is 20.8. The van der Waals surface area contributed by atoms with Gasteiger partial charge in [0, 0.05) is 11.8 Å². The zero-order chi connectivity index (χ0) is 18.7. The molecule has 24 heavy (non-hydrogen) atoms. The molecule has 134 valence electrons. The number of methoxy groups -OCH3 is 1. The topological polar surface area (TPSA) is 43.4 Å². The van der Waals surface area contributed by atoms with Crippen LogP contribution >= 0.6 is 0 Å². The van der Waals surface area contributed by atoms with Crippen molar-refractivity contribution in [3.05, 3.63) is 23.8 Å². The lowest BCUT2D eigenvalue weighted by Crippen LogP contribution is -2.43. The zero-order valence-corrected chi connectivity index (χ0v) is 17.9. The van der Waals surface area contributed by atoms with Gasteiger partial charge >= 0.3 is 0 Å². The molecule has 0 aromatic heterocycles. The van der Waals surface area contributed by atoms with Crippen LogP contribution in [0.3, 0.4) is 0 Å². The van der Waals surface area contributed by atoms with Crippen LogP contribution in [0, 0.1) is 11.5 Å². The van der Waals surface area contributed by atoms with Gasteiger partial charge in [-0.05, 0) is 34.8 Å². The molecule has 0 N–H and O–H groups in total. The fourth-order valence-corrected chi connectivity index (χ4v) is 9.71. The molecule has 0 heterocycles. The Morgan fingerprint density at radius 2 is 1.50 bits per heavy atom. The summed E-state index contributed by atoms with van der Waals surface area (Å²) in [5.74, 6) is 3.76. The van der Waals surface area contributed by atoms with Crippen molar-refractivity contribution in [1.29, 1.82) is 0 Å². The van der Waals surface area contributed by atoms with Gasteiger partial charge in [0.1, 0.15) is 13.8 Å². The summed E-state index contributed by atoms with van der Waals surface area (Å²) in [7, 11) is -3.73. The van der Waals surface area contributed by atoms with Gasteiger partial charge in [-0.25, -0.2) is 8.42 Å². The zero-order valence-electron chi connectivity index (χ0n) is 16.1. The van der Waals surface area contributed by atoms with Crippen LogP contribution in [-0.4, -0.2) is 29.9 Å². The molecule has 0 atom stereocenters. The van der Waals surface area contributed by atoms with Crippen LogP contribution in [-0.2, 0) is 9.84 Å². The van der Waals surface area contributed by atoms with E-state index < -0.39 is 17.9 Å². The lowest BCUT2D eigenvalue weighted by Gasteiger charge is -2.38. The molecule has 1 rings (SSSR count). The van der Waals surface area contributed by atoms with Crippen LogP contribution in [0.4, 0.5) is 0 Å². The fourth-order valence-electron chi connectivity index (χ4n) is 3.65. The molecular formula is C19H30O3SSi. The van der Waals surface area contributed by atoms with Gasteiger partial charge in [0.2, 0.25) is 0 Å². The third kappa shape index (κ3) is 4.23. The highest BCUT2D eigenvalue weighted by molar-refractivity contribution is 7.90. The number of ether oxygens (including phenoxy) is 1. The number of hydrogen-bond acceptors (Lipinski definition) is 3. The molecule has 0 unspecified atom stereocenters. The minimum Gasteiger partial charge on any atom is -0.497 e. The van der Waals surface area contributed by atoms with Crippen LogP contribution in [0.5, 0.6) is 5.75 Å². The summed E-state index contributed by atoms with van der Waals surface area (Å²) in [5, 5.41) is 0. The van der Waals surface area contributed by atoms with Gasteiger partial charge in [0.05, 0.1) is 12.0 Å². The van der Waals surface area contributed by atoms with Crippen molar-refractivity contribution < 1.29 is 13.2 Å². The highest BCUT2D eigenvalue weighted by Crippen LogP contribution is 2.40. The molecule has 0 saturated heterocycles. The van der Waals surface area contributed by atoms with Crippen LogP contribution in [0.15, 0.2) is 23.1 Å². The van der Waals surface area contributed by atoms with E-state index >= 15 is 0 Å². The molecule has 0 aliphatic heterocycles. The Labute approximate surface area is 148 Å². The van der Waals surface area contributed by atoms with E-state index in [1.54, 1.807) is 18.2 Å². The maximum Gasteiger partial charge on any atom is 0.176 e. The Morgan fingerprint density at radius 1 is 1.00 bits per heavy atom. The van der Waals surface area contributed by atoms with Crippen LogP contribution in [0.1, 0.15) is 47.1 Å². The molecule has 0 spiro atoms. The van der Waals surface area contributed by atoms with Gasteiger partial charge < -0.3 is 4.74 Å². The van der Waals surface area contributed by atoms with Crippen LogP contribution < -0.4 is 4.74 Å². The van der Waals surface area contributed by atoms with E-state index in [1.807, 2.05) is 0 Å². The minimum absolute atomic E-state index is 0.244. The van der Waals surface area contributed by atoms with Crippen molar-refractivity contribution in [3.8, 4) is 17.2 Å². The van der Waals surface area contributed by atoms with E-state index in [9.17, 15) is 8.42 Å². The van der Waals surface area contributed by atoms with Gasteiger partial charge in [-0.3, -0.25) is 0 Å². The van der Waals surface area contributed by atoms with E-state index in [0.29, 0.717) is 27.9 Å². The monoisotopic (exact) mass is 366 g/mol. The SMILES string of the molecule is COc1ccc(C#C[Si](C(C)C)(C(C)C)C(C)C)c(S(C)(=O)=O)c1. The third-order valence-corrected chi connectivity index (χ3v) is 12.3. The van der Waals surface area contributed by atoms with Crippen molar-refractivity contribution in [2.75, 3.05) is 13.4 Å². The fraction of sp³-hybridized carbons (Fsp3) is 0.579. The van der Waals surface area contributed by atoms with Crippen molar-refractivity contribution in [2.24, 2.45) is 0 Å². The van der Waals surface area contributed by atoms with Crippen LogP contribution in [0.2, 0.25) is 16.6 Å². The Balaban J connectivity index is 3.58. The largest absolute Gasteiger partial charge is 0.497 e. The van der Waals surface area contributed by atoms with Gasteiger partial charge in [0.25, 0.3) is 0 Å². The Kier molecular flexibility index (Phi) is 6.72. The molecule has 3 nitrogen and oxygen atoms in total. The lowest BCUT2D eigenvalue weighted by atomic mass is 10.2. The second-order valence-corrected chi connectivity index (χ2v) is 14.8. The summed E-state index contributed by atoms with van der Waals surface area (Å²) in [4.78, 5) is 0.244. The predicted octanol–water partition coefficient (Wildman–Crippen LogP) is 4.67. The van der Waals surface area contributed by atoms with Gasteiger partial charge in [-0.1, -0.05) is 47.5 Å². The smallest absolute Gasteiger partial charge is 0.176 e. The number of rotatable bonds is 5. The summed E-state index contributed by atoms with van der Waals surface area (Å²) >= 11 is 0. The Bertz CT molecular complexity index is 716. The molecule has 5 heteroatoms. The van der Waals surface area contributed by atoms with E-state index in [1.165, 1.54) is 13.4 Å². The average molecular weight is 367 g/mol. The van der Waals surface area contributed by atoms with Crippen molar-refractivity contribution in [2.45, 2.75) is 63.1 Å². The van der Waals surface area contributed by atoms with Gasteiger partial charge in [-0.15, -0.1) is 5.54 Å². The summed E-state index contributed by atoms with van der Waals surface area (Å²) in [6.45, 7) is 13.5. The number of benzene rings is 1. The third-order valence-electron chi connectivity index (χ3n) is 4.87. The first-order valence-electron chi connectivity index (χ1n) is 8.38. The highest BCUT2D eigenvalue weighted by Gasteiger charge is 2.41.